The van der Waals surface area contributed by atoms with E-state index in [-0.39, 0.29) is 5.91 Å². The van der Waals surface area contributed by atoms with Gasteiger partial charge in [0, 0.05) is 5.39 Å². The number of aromatic nitrogens is 1. The number of amides is 1. The van der Waals surface area contributed by atoms with Gasteiger partial charge in [-0.05, 0) is 24.3 Å². The molecule has 0 aliphatic rings. The van der Waals surface area contributed by atoms with Gasteiger partial charge in [-0.25, -0.2) is 0 Å². The number of aromatic amines is 1. The summed E-state index contributed by atoms with van der Waals surface area (Å²) in [5, 5.41) is 3.73. The van der Waals surface area contributed by atoms with E-state index in [1.54, 1.807) is 25.5 Å². The summed E-state index contributed by atoms with van der Waals surface area (Å²) in [5.41, 5.74) is 1.31. The Morgan fingerprint density at radius 3 is 3.00 bits per heavy atom. The second-order valence-corrected chi connectivity index (χ2v) is 4.37. The van der Waals surface area contributed by atoms with E-state index in [1.807, 2.05) is 24.3 Å². The van der Waals surface area contributed by atoms with Crippen molar-refractivity contribution in [3.05, 3.63) is 54.1 Å². The van der Waals surface area contributed by atoms with E-state index < -0.39 is 0 Å². The van der Waals surface area contributed by atoms with Crippen LogP contribution in [0.3, 0.4) is 0 Å². The zero-order chi connectivity index (χ0) is 13.9. The van der Waals surface area contributed by atoms with Gasteiger partial charge in [0.1, 0.15) is 17.2 Å². The van der Waals surface area contributed by atoms with Crippen LogP contribution in [0.4, 0.5) is 0 Å². The van der Waals surface area contributed by atoms with E-state index in [0.717, 1.165) is 10.9 Å². The molecule has 3 aromatic rings. The summed E-state index contributed by atoms with van der Waals surface area (Å²) >= 11 is 0. The zero-order valence-electron chi connectivity index (χ0n) is 11.0. The van der Waals surface area contributed by atoms with Crippen molar-refractivity contribution in [1.29, 1.82) is 0 Å². The van der Waals surface area contributed by atoms with Crippen LogP contribution in [0.15, 0.2) is 47.1 Å². The molecule has 0 bridgehead atoms. The van der Waals surface area contributed by atoms with E-state index in [4.69, 9.17) is 9.15 Å². The molecule has 0 unspecified atom stereocenters. The number of benzene rings is 1. The van der Waals surface area contributed by atoms with Gasteiger partial charge in [-0.2, -0.15) is 0 Å². The Bertz CT molecular complexity index is 729. The van der Waals surface area contributed by atoms with Crippen LogP contribution in [-0.2, 0) is 6.54 Å². The van der Waals surface area contributed by atoms with Crippen LogP contribution in [0.2, 0.25) is 0 Å². The maximum absolute atomic E-state index is 12.1. The highest BCUT2D eigenvalue weighted by Crippen LogP contribution is 2.25. The van der Waals surface area contributed by atoms with Crippen molar-refractivity contribution in [1.82, 2.24) is 10.3 Å². The Balaban J connectivity index is 1.81. The molecule has 20 heavy (non-hydrogen) atoms. The number of carbonyl (C=O) groups excluding carboxylic acids is 1. The monoisotopic (exact) mass is 270 g/mol. The molecule has 0 spiro atoms. The molecule has 0 fully saturated rings. The van der Waals surface area contributed by atoms with E-state index in [9.17, 15) is 4.79 Å². The molecule has 5 nitrogen and oxygen atoms in total. The summed E-state index contributed by atoms with van der Waals surface area (Å²) in [6, 6.07) is 11.1. The Kier molecular flexibility index (Phi) is 3.16. The summed E-state index contributed by atoms with van der Waals surface area (Å²) in [4.78, 5) is 15.2. The molecule has 2 heterocycles. The van der Waals surface area contributed by atoms with Gasteiger partial charge in [0.2, 0.25) is 0 Å². The van der Waals surface area contributed by atoms with Crippen molar-refractivity contribution >= 4 is 16.8 Å². The van der Waals surface area contributed by atoms with Gasteiger partial charge in [-0.3, -0.25) is 4.79 Å². The summed E-state index contributed by atoms with van der Waals surface area (Å²) in [5.74, 6) is 1.25. The first-order valence-electron chi connectivity index (χ1n) is 6.24. The quantitative estimate of drug-likeness (QED) is 0.766. The van der Waals surface area contributed by atoms with Crippen molar-refractivity contribution in [2.75, 3.05) is 7.11 Å². The second-order valence-electron chi connectivity index (χ2n) is 4.37. The number of carbonyl (C=O) groups is 1. The number of nitrogens with one attached hydrogen (secondary N) is 2. The largest absolute Gasteiger partial charge is 0.495 e. The normalized spacial score (nSPS) is 10.7. The van der Waals surface area contributed by atoms with Crippen LogP contribution in [0.1, 0.15) is 16.2 Å². The maximum Gasteiger partial charge on any atom is 0.268 e. The summed E-state index contributed by atoms with van der Waals surface area (Å²) < 4.78 is 10.4. The van der Waals surface area contributed by atoms with E-state index >= 15 is 0 Å². The fraction of sp³-hybridized carbons (Fsp3) is 0.133. The van der Waals surface area contributed by atoms with Gasteiger partial charge in [-0.15, -0.1) is 0 Å². The highest BCUT2D eigenvalue weighted by molar-refractivity contribution is 5.99. The predicted octanol–water partition coefficient (Wildman–Crippen LogP) is 2.70. The van der Waals surface area contributed by atoms with Crippen LogP contribution in [0.5, 0.6) is 5.75 Å². The molecule has 3 rings (SSSR count). The minimum atomic E-state index is -0.181. The molecule has 0 radical (unpaired) electrons. The fourth-order valence-corrected chi connectivity index (χ4v) is 2.10. The second kappa shape index (κ2) is 5.13. The zero-order valence-corrected chi connectivity index (χ0v) is 11.0. The van der Waals surface area contributed by atoms with E-state index in [2.05, 4.69) is 10.3 Å². The molecule has 0 atom stereocenters. The smallest absolute Gasteiger partial charge is 0.268 e. The van der Waals surface area contributed by atoms with Gasteiger partial charge in [0.05, 0.1) is 25.4 Å². The SMILES string of the molecule is COc1cccc2cc(C(=O)NCc3ccco3)[nH]c12. The van der Waals surface area contributed by atoms with Gasteiger partial charge < -0.3 is 19.5 Å². The molecule has 0 aliphatic heterocycles. The molecule has 1 aromatic carbocycles. The molecule has 0 saturated heterocycles. The van der Waals surface area contributed by atoms with Crippen LogP contribution in [0, 0.1) is 0 Å². The lowest BCUT2D eigenvalue weighted by molar-refractivity contribution is 0.0944. The predicted molar refractivity (Wildman–Crippen MR) is 74.7 cm³/mol. The minimum absolute atomic E-state index is 0.181. The number of furan rings is 1. The number of fused-ring (bicyclic) bond motifs is 1. The average molecular weight is 270 g/mol. The number of rotatable bonds is 4. The topological polar surface area (TPSA) is 67.3 Å². The van der Waals surface area contributed by atoms with Gasteiger partial charge in [0.25, 0.3) is 5.91 Å². The van der Waals surface area contributed by atoms with E-state index in [0.29, 0.717) is 23.7 Å². The maximum atomic E-state index is 12.1. The first kappa shape index (κ1) is 12.3. The Hall–Kier alpha value is -2.69. The summed E-state index contributed by atoms with van der Waals surface area (Å²) in [7, 11) is 1.60. The molecule has 0 aliphatic carbocycles. The number of hydrogen-bond acceptors (Lipinski definition) is 3. The standard InChI is InChI=1S/C15H14N2O3/c1-19-13-6-2-4-10-8-12(17-14(10)13)15(18)16-9-11-5-3-7-20-11/h2-8,17H,9H2,1H3,(H,16,18). The highest BCUT2D eigenvalue weighted by Gasteiger charge is 2.11. The van der Waals surface area contributed by atoms with Crippen molar-refractivity contribution in [2.45, 2.75) is 6.54 Å². The Labute approximate surface area is 115 Å². The van der Waals surface area contributed by atoms with Crippen molar-refractivity contribution in [2.24, 2.45) is 0 Å². The molecule has 5 heteroatoms. The highest BCUT2D eigenvalue weighted by atomic mass is 16.5. The van der Waals surface area contributed by atoms with Crippen molar-refractivity contribution in [3.8, 4) is 5.75 Å². The average Bonchev–Trinajstić information content (AvgIpc) is 3.12. The number of para-hydroxylation sites is 1. The van der Waals surface area contributed by atoms with Crippen LogP contribution in [-0.4, -0.2) is 18.0 Å². The van der Waals surface area contributed by atoms with Crippen LogP contribution < -0.4 is 10.1 Å². The van der Waals surface area contributed by atoms with Gasteiger partial charge >= 0.3 is 0 Å². The summed E-state index contributed by atoms with van der Waals surface area (Å²) in [6.07, 6.45) is 1.58. The van der Waals surface area contributed by atoms with Gasteiger partial charge in [-0.1, -0.05) is 12.1 Å². The lowest BCUT2D eigenvalue weighted by Gasteiger charge is -2.01. The first-order chi connectivity index (χ1) is 9.78. The molecular formula is C15H14N2O3. The third-order valence-corrected chi connectivity index (χ3v) is 3.09. The third kappa shape index (κ3) is 2.25. The van der Waals surface area contributed by atoms with Crippen LogP contribution in [0.25, 0.3) is 10.9 Å². The number of hydrogen-bond donors (Lipinski definition) is 2. The van der Waals surface area contributed by atoms with Crippen molar-refractivity contribution < 1.29 is 13.9 Å². The first-order valence-corrected chi connectivity index (χ1v) is 6.24. The van der Waals surface area contributed by atoms with Crippen molar-refractivity contribution in [3.63, 3.8) is 0 Å². The third-order valence-electron chi connectivity index (χ3n) is 3.09. The molecule has 2 N–H and O–H groups in total. The lowest BCUT2D eigenvalue weighted by Crippen LogP contribution is -2.22. The minimum Gasteiger partial charge on any atom is -0.495 e. The number of H-pyrrole nitrogens is 1. The molecule has 102 valence electrons. The molecule has 1 amide bonds. The Morgan fingerprint density at radius 2 is 2.25 bits per heavy atom. The summed E-state index contributed by atoms with van der Waals surface area (Å²) in [6.45, 7) is 0.359. The molecule has 0 saturated carbocycles. The number of methoxy groups -OCH3 is 1. The molecular weight excluding hydrogens is 256 g/mol. The fourth-order valence-electron chi connectivity index (χ4n) is 2.10. The lowest BCUT2D eigenvalue weighted by atomic mass is 10.2. The molecule has 2 aromatic heterocycles. The Morgan fingerprint density at radius 1 is 1.35 bits per heavy atom. The van der Waals surface area contributed by atoms with Crippen LogP contribution >= 0.6 is 0 Å². The van der Waals surface area contributed by atoms with Gasteiger partial charge in [0.15, 0.2) is 0 Å². The number of ether oxygens (including phenoxy) is 1. The van der Waals surface area contributed by atoms with E-state index in [1.165, 1.54) is 0 Å².